The fourth-order valence-corrected chi connectivity index (χ4v) is 5.47. The van der Waals surface area contributed by atoms with E-state index in [9.17, 15) is 4.79 Å². The Morgan fingerprint density at radius 1 is 1.13 bits per heavy atom. The van der Waals surface area contributed by atoms with E-state index in [2.05, 4.69) is 54.8 Å². The third kappa shape index (κ3) is 3.26. The Kier molecular flexibility index (Phi) is 5.09. The molecule has 0 atom stereocenters. The lowest BCUT2D eigenvalue weighted by Crippen LogP contribution is -2.38. The Bertz CT molecular complexity index is 1120. The van der Waals surface area contributed by atoms with Crippen LogP contribution in [0.4, 0.5) is 5.69 Å². The van der Waals surface area contributed by atoms with Gasteiger partial charge in [-0.25, -0.2) is 4.98 Å². The number of hydrogen-bond acceptors (Lipinski definition) is 3. The summed E-state index contributed by atoms with van der Waals surface area (Å²) in [5.74, 6) is 1.82. The van der Waals surface area contributed by atoms with Crippen molar-refractivity contribution < 1.29 is 4.79 Å². The number of benzene rings is 2. The standard InChI is InChI=1S/C26H32N4O/c1-18(2)11-14-29-23-10-9-19(16-27)15-21(23)28-24(29)17-30-22-8-4-3-7-20(22)26(25(30)31)12-5-6-13-26/h3-4,7-10,15,18H,5-6,11-14,16-17,27H2,1-2H3. The minimum absolute atomic E-state index is 0.260. The second kappa shape index (κ2) is 7.79. The highest BCUT2D eigenvalue weighted by molar-refractivity contribution is 6.08. The van der Waals surface area contributed by atoms with E-state index in [-0.39, 0.29) is 11.3 Å². The summed E-state index contributed by atoms with van der Waals surface area (Å²) in [6.07, 6.45) is 5.25. The van der Waals surface area contributed by atoms with Crippen molar-refractivity contribution in [2.45, 2.75) is 71.0 Å². The molecule has 0 radical (unpaired) electrons. The molecule has 1 spiro atoms. The van der Waals surface area contributed by atoms with E-state index in [4.69, 9.17) is 10.7 Å². The molecule has 2 aliphatic rings. The number of carbonyl (C=O) groups is 1. The molecule has 5 nitrogen and oxygen atoms in total. The fraction of sp³-hybridized carbons (Fsp3) is 0.462. The van der Waals surface area contributed by atoms with Crippen molar-refractivity contribution in [2.24, 2.45) is 11.7 Å². The SMILES string of the molecule is CC(C)CCn1c(CN2C(=O)C3(CCCC3)c3ccccc32)nc2cc(CN)ccc21. The fourth-order valence-electron chi connectivity index (χ4n) is 5.47. The van der Waals surface area contributed by atoms with Gasteiger partial charge in [-0.3, -0.25) is 4.79 Å². The molecule has 31 heavy (non-hydrogen) atoms. The van der Waals surface area contributed by atoms with Crippen LogP contribution in [0, 0.1) is 5.92 Å². The van der Waals surface area contributed by atoms with E-state index < -0.39 is 0 Å². The van der Waals surface area contributed by atoms with Crippen molar-refractivity contribution in [1.29, 1.82) is 0 Å². The molecule has 0 unspecified atom stereocenters. The second-order valence-electron chi connectivity index (χ2n) is 9.59. The molecule has 1 amide bonds. The van der Waals surface area contributed by atoms with Gasteiger partial charge >= 0.3 is 0 Å². The zero-order chi connectivity index (χ0) is 21.6. The number of aromatic nitrogens is 2. The van der Waals surface area contributed by atoms with Crippen molar-refractivity contribution in [2.75, 3.05) is 4.90 Å². The molecule has 5 heteroatoms. The molecule has 1 aliphatic carbocycles. The van der Waals surface area contributed by atoms with Crippen molar-refractivity contribution in [1.82, 2.24) is 9.55 Å². The molecule has 1 aromatic heterocycles. The van der Waals surface area contributed by atoms with Crippen LogP contribution in [0.2, 0.25) is 0 Å². The van der Waals surface area contributed by atoms with Gasteiger partial charge in [0.05, 0.1) is 23.0 Å². The maximum Gasteiger partial charge on any atom is 0.238 e. The summed E-state index contributed by atoms with van der Waals surface area (Å²) in [6.45, 7) is 6.41. The number of aryl methyl sites for hydroxylation is 1. The topological polar surface area (TPSA) is 64.2 Å². The second-order valence-corrected chi connectivity index (χ2v) is 9.59. The lowest BCUT2D eigenvalue weighted by molar-refractivity contribution is -0.123. The molecule has 162 valence electrons. The molecule has 1 aliphatic heterocycles. The third-order valence-corrected chi connectivity index (χ3v) is 7.18. The number of rotatable bonds is 6. The zero-order valence-electron chi connectivity index (χ0n) is 18.6. The maximum absolute atomic E-state index is 13.8. The van der Waals surface area contributed by atoms with Gasteiger partial charge in [-0.05, 0) is 54.5 Å². The van der Waals surface area contributed by atoms with Crippen molar-refractivity contribution in [3.8, 4) is 0 Å². The first-order valence-corrected chi connectivity index (χ1v) is 11.6. The normalized spacial score (nSPS) is 17.4. The summed E-state index contributed by atoms with van der Waals surface area (Å²) in [4.78, 5) is 20.8. The molecule has 3 aromatic rings. The summed E-state index contributed by atoms with van der Waals surface area (Å²) < 4.78 is 2.31. The minimum Gasteiger partial charge on any atom is -0.326 e. The van der Waals surface area contributed by atoms with Crippen LogP contribution in [0.25, 0.3) is 11.0 Å². The summed E-state index contributed by atoms with van der Waals surface area (Å²) in [7, 11) is 0. The number of fused-ring (bicyclic) bond motifs is 3. The third-order valence-electron chi connectivity index (χ3n) is 7.18. The maximum atomic E-state index is 13.8. The van der Waals surface area contributed by atoms with Crippen molar-refractivity contribution in [3.63, 3.8) is 0 Å². The lowest BCUT2D eigenvalue weighted by Gasteiger charge is -2.23. The molecule has 2 N–H and O–H groups in total. The molecule has 1 saturated carbocycles. The number of nitrogens with zero attached hydrogens (tertiary/aromatic N) is 3. The number of carbonyl (C=O) groups excluding carboxylic acids is 1. The molecular weight excluding hydrogens is 384 g/mol. The number of nitrogens with two attached hydrogens (primary N) is 1. The quantitative estimate of drug-likeness (QED) is 0.622. The van der Waals surface area contributed by atoms with E-state index in [1.54, 1.807) is 0 Å². The predicted molar refractivity (Wildman–Crippen MR) is 125 cm³/mol. The highest BCUT2D eigenvalue weighted by Crippen LogP contribution is 2.51. The Balaban J connectivity index is 1.57. The van der Waals surface area contributed by atoms with Gasteiger partial charge < -0.3 is 15.2 Å². The highest BCUT2D eigenvalue weighted by Gasteiger charge is 2.52. The smallest absolute Gasteiger partial charge is 0.238 e. The Labute approximate surface area is 184 Å². The largest absolute Gasteiger partial charge is 0.326 e. The van der Waals surface area contributed by atoms with Gasteiger partial charge in [0.2, 0.25) is 5.91 Å². The molecule has 5 rings (SSSR count). The average molecular weight is 417 g/mol. The van der Waals surface area contributed by atoms with Gasteiger partial charge in [-0.15, -0.1) is 0 Å². The number of hydrogen-bond donors (Lipinski definition) is 1. The summed E-state index contributed by atoms with van der Waals surface area (Å²) in [6, 6.07) is 14.7. The predicted octanol–water partition coefficient (Wildman–Crippen LogP) is 4.90. The van der Waals surface area contributed by atoms with E-state index >= 15 is 0 Å². The van der Waals surface area contributed by atoms with Gasteiger partial charge in [-0.2, -0.15) is 0 Å². The summed E-state index contributed by atoms with van der Waals surface area (Å²) >= 11 is 0. The molecule has 1 fully saturated rings. The van der Waals surface area contributed by atoms with Crippen LogP contribution in [-0.2, 0) is 29.8 Å². The van der Waals surface area contributed by atoms with Gasteiger partial charge in [0.15, 0.2) is 0 Å². The first-order chi connectivity index (χ1) is 15.0. The monoisotopic (exact) mass is 416 g/mol. The summed E-state index contributed by atoms with van der Waals surface area (Å²) in [5.41, 5.74) is 11.0. The van der Waals surface area contributed by atoms with Gasteiger partial charge in [0, 0.05) is 18.8 Å². The number of anilines is 1. The van der Waals surface area contributed by atoms with Crippen molar-refractivity contribution >= 4 is 22.6 Å². The van der Waals surface area contributed by atoms with Gasteiger partial charge in [0.1, 0.15) is 5.82 Å². The van der Waals surface area contributed by atoms with Gasteiger partial charge in [0.25, 0.3) is 0 Å². The van der Waals surface area contributed by atoms with Crippen LogP contribution in [0.3, 0.4) is 0 Å². The number of para-hydroxylation sites is 1. The van der Waals surface area contributed by atoms with E-state index in [0.29, 0.717) is 19.0 Å². The van der Waals surface area contributed by atoms with Crippen LogP contribution < -0.4 is 10.6 Å². The first-order valence-electron chi connectivity index (χ1n) is 11.6. The zero-order valence-corrected chi connectivity index (χ0v) is 18.6. The van der Waals surface area contributed by atoms with Crippen LogP contribution in [0.15, 0.2) is 42.5 Å². The summed E-state index contributed by atoms with van der Waals surface area (Å²) in [5, 5.41) is 0. The van der Waals surface area contributed by atoms with E-state index in [1.165, 1.54) is 5.56 Å². The number of amides is 1. The Hall–Kier alpha value is -2.66. The van der Waals surface area contributed by atoms with Crippen LogP contribution in [0.1, 0.15) is 62.9 Å². The molecular formula is C26H32N4O. The van der Waals surface area contributed by atoms with Crippen LogP contribution in [0.5, 0.6) is 0 Å². The molecule has 2 aromatic carbocycles. The first kappa shape index (κ1) is 20.3. The molecule has 0 bridgehead atoms. The van der Waals surface area contributed by atoms with E-state index in [1.807, 2.05) is 11.0 Å². The highest BCUT2D eigenvalue weighted by atomic mass is 16.2. The molecule has 0 saturated heterocycles. The Morgan fingerprint density at radius 2 is 1.90 bits per heavy atom. The van der Waals surface area contributed by atoms with Crippen LogP contribution in [-0.4, -0.2) is 15.5 Å². The lowest BCUT2D eigenvalue weighted by atomic mass is 9.80. The van der Waals surface area contributed by atoms with Crippen molar-refractivity contribution in [3.05, 3.63) is 59.4 Å². The average Bonchev–Trinajstić information content (AvgIpc) is 3.45. The minimum atomic E-state index is -0.321. The van der Waals surface area contributed by atoms with E-state index in [0.717, 1.165) is 66.8 Å². The van der Waals surface area contributed by atoms with Crippen LogP contribution >= 0.6 is 0 Å². The van der Waals surface area contributed by atoms with Gasteiger partial charge in [-0.1, -0.05) is 51.0 Å². The molecule has 2 heterocycles. The number of imidazole rings is 1. The Morgan fingerprint density at radius 3 is 2.65 bits per heavy atom.